The molecule has 54 valence electrons. The Morgan fingerprint density at radius 3 is 3.50 bits per heavy atom. The summed E-state index contributed by atoms with van der Waals surface area (Å²) >= 11 is 0. The summed E-state index contributed by atoms with van der Waals surface area (Å²) < 4.78 is 1.95. The molecule has 1 aliphatic rings. The van der Waals surface area contributed by atoms with Crippen LogP contribution in [0.4, 0.5) is 0 Å². The van der Waals surface area contributed by atoms with Gasteiger partial charge in [-0.15, -0.1) is 0 Å². The lowest BCUT2D eigenvalue weighted by atomic mass is 10.1. The Kier molecular flexibility index (Phi) is 1.24. The van der Waals surface area contributed by atoms with Crippen molar-refractivity contribution in [2.45, 2.75) is 25.5 Å². The van der Waals surface area contributed by atoms with Gasteiger partial charge in [-0.2, -0.15) is 5.10 Å². The van der Waals surface area contributed by atoms with Crippen molar-refractivity contribution in [1.82, 2.24) is 9.78 Å². The second-order valence-corrected chi connectivity index (χ2v) is 2.69. The Morgan fingerprint density at radius 1 is 1.70 bits per heavy atom. The minimum Gasteiger partial charge on any atom is -0.393 e. The van der Waals surface area contributed by atoms with Gasteiger partial charge in [0.2, 0.25) is 0 Å². The topological polar surface area (TPSA) is 38.0 Å². The summed E-state index contributed by atoms with van der Waals surface area (Å²) in [5, 5.41) is 13.3. The van der Waals surface area contributed by atoms with Crippen molar-refractivity contribution in [2.75, 3.05) is 0 Å². The maximum Gasteiger partial charge on any atom is 0.0613 e. The van der Waals surface area contributed by atoms with E-state index in [1.807, 2.05) is 10.7 Å². The first-order chi connectivity index (χ1) is 4.86. The maximum atomic E-state index is 9.23. The van der Waals surface area contributed by atoms with E-state index in [1.165, 1.54) is 0 Å². The van der Waals surface area contributed by atoms with Crippen LogP contribution in [0.25, 0.3) is 0 Å². The molecule has 2 heterocycles. The molecule has 0 aliphatic carbocycles. The van der Waals surface area contributed by atoms with Crippen molar-refractivity contribution < 1.29 is 5.11 Å². The number of fused-ring (bicyclic) bond motifs is 1. The van der Waals surface area contributed by atoms with E-state index < -0.39 is 0 Å². The number of hydrogen-bond acceptors (Lipinski definition) is 2. The van der Waals surface area contributed by atoms with Crippen molar-refractivity contribution >= 4 is 0 Å². The molecule has 0 aromatic carbocycles. The molecule has 0 fully saturated rings. The minimum absolute atomic E-state index is 0.149. The molecule has 0 radical (unpaired) electrons. The lowest BCUT2D eigenvalue weighted by Gasteiger charge is -2.18. The molecule has 2 rings (SSSR count). The van der Waals surface area contributed by atoms with E-state index in [0.717, 1.165) is 25.1 Å². The molecule has 1 unspecified atom stereocenters. The van der Waals surface area contributed by atoms with Crippen LogP contribution in [0.1, 0.15) is 12.1 Å². The van der Waals surface area contributed by atoms with E-state index in [9.17, 15) is 5.11 Å². The second-order valence-electron chi connectivity index (χ2n) is 2.69. The number of aliphatic hydroxyl groups excluding tert-OH is 1. The highest BCUT2D eigenvalue weighted by atomic mass is 16.3. The van der Waals surface area contributed by atoms with Crippen molar-refractivity contribution in [1.29, 1.82) is 0 Å². The summed E-state index contributed by atoms with van der Waals surface area (Å²) in [6, 6.07) is 1.96. The first-order valence-electron chi connectivity index (χ1n) is 3.55. The van der Waals surface area contributed by atoms with E-state index in [0.29, 0.717) is 0 Å². The molecule has 1 aromatic heterocycles. The molecular formula is C7H10N2O. The zero-order valence-corrected chi connectivity index (χ0v) is 5.70. The van der Waals surface area contributed by atoms with Gasteiger partial charge >= 0.3 is 0 Å². The Hall–Kier alpha value is -0.830. The van der Waals surface area contributed by atoms with Crippen molar-refractivity contribution in [3.05, 3.63) is 18.0 Å². The second kappa shape index (κ2) is 2.09. The Labute approximate surface area is 59.3 Å². The fraction of sp³-hybridized carbons (Fsp3) is 0.571. The zero-order chi connectivity index (χ0) is 6.97. The fourth-order valence-electron chi connectivity index (χ4n) is 1.35. The highest BCUT2D eigenvalue weighted by Gasteiger charge is 2.15. The molecule has 0 spiro atoms. The van der Waals surface area contributed by atoms with Crippen LogP contribution in [0.3, 0.4) is 0 Å². The highest BCUT2D eigenvalue weighted by Crippen LogP contribution is 2.12. The van der Waals surface area contributed by atoms with Crippen molar-refractivity contribution in [2.24, 2.45) is 0 Å². The van der Waals surface area contributed by atoms with Crippen LogP contribution in [-0.2, 0) is 13.0 Å². The molecule has 1 N–H and O–H groups in total. The van der Waals surface area contributed by atoms with Gasteiger partial charge < -0.3 is 5.11 Å². The lowest BCUT2D eigenvalue weighted by Crippen LogP contribution is -2.23. The van der Waals surface area contributed by atoms with Crippen LogP contribution in [0.2, 0.25) is 0 Å². The van der Waals surface area contributed by atoms with Gasteiger partial charge in [0.1, 0.15) is 0 Å². The third-order valence-electron chi connectivity index (χ3n) is 1.92. The van der Waals surface area contributed by atoms with Gasteiger partial charge in [0.25, 0.3) is 0 Å². The normalized spacial score (nSPS) is 24.3. The Bertz CT molecular complexity index is 231. The van der Waals surface area contributed by atoms with Crippen molar-refractivity contribution in [3.8, 4) is 0 Å². The van der Waals surface area contributed by atoms with E-state index >= 15 is 0 Å². The van der Waals surface area contributed by atoms with Crippen molar-refractivity contribution in [3.63, 3.8) is 0 Å². The first-order valence-corrected chi connectivity index (χ1v) is 3.55. The van der Waals surface area contributed by atoms with Gasteiger partial charge in [-0.3, -0.25) is 4.68 Å². The molecule has 0 bridgehead atoms. The number of hydrogen-bond donors (Lipinski definition) is 1. The van der Waals surface area contributed by atoms with E-state index in [1.54, 1.807) is 6.20 Å². The summed E-state index contributed by atoms with van der Waals surface area (Å²) in [4.78, 5) is 0. The van der Waals surface area contributed by atoms with E-state index in [4.69, 9.17) is 0 Å². The predicted octanol–water partition coefficient (Wildman–Crippen LogP) is 0.190. The van der Waals surface area contributed by atoms with Gasteiger partial charge in [0, 0.05) is 24.9 Å². The molecule has 1 aromatic rings. The predicted molar refractivity (Wildman–Crippen MR) is 36.6 cm³/mol. The van der Waals surface area contributed by atoms with E-state index in [2.05, 4.69) is 5.10 Å². The van der Waals surface area contributed by atoms with Gasteiger partial charge in [0.15, 0.2) is 0 Å². The number of aromatic nitrogens is 2. The largest absolute Gasteiger partial charge is 0.393 e. The number of rotatable bonds is 0. The molecular weight excluding hydrogens is 128 g/mol. The standard InChI is InChI=1S/C7H10N2O/c10-7-2-4-9-6(5-7)1-3-8-9/h1,3,7,10H,2,4-5H2. The number of aryl methyl sites for hydroxylation is 1. The quantitative estimate of drug-likeness (QED) is 0.555. The van der Waals surface area contributed by atoms with Gasteiger partial charge in [-0.1, -0.05) is 0 Å². The molecule has 0 amide bonds. The summed E-state index contributed by atoms with van der Waals surface area (Å²) in [5.41, 5.74) is 1.15. The molecule has 0 saturated carbocycles. The van der Waals surface area contributed by atoms with E-state index in [-0.39, 0.29) is 6.10 Å². The summed E-state index contributed by atoms with van der Waals surface area (Å²) in [7, 11) is 0. The van der Waals surface area contributed by atoms with Crippen LogP contribution in [0.15, 0.2) is 12.3 Å². The average Bonchev–Trinajstić information content (AvgIpc) is 2.33. The van der Waals surface area contributed by atoms with Gasteiger partial charge in [-0.05, 0) is 12.5 Å². The number of nitrogens with zero attached hydrogens (tertiary/aromatic N) is 2. The molecule has 1 aliphatic heterocycles. The highest BCUT2D eigenvalue weighted by molar-refractivity contribution is 5.04. The zero-order valence-electron chi connectivity index (χ0n) is 5.70. The molecule has 10 heavy (non-hydrogen) atoms. The third-order valence-corrected chi connectivity index (χ3v) is 1.92. The molecule has 1 atom stereocenters. The van der Waals surface area contributed by atoms with Crippen LogP contribution in [-0.4, -0.2) is 21.0 Å². The lowest BCUT2D eigenvalue weighted by molar-refractivity contribution is 0.140. The fourth-order valence-corrected chi connectivity index (χ4v) is 1.35. The number of aliphatic hydroxyl groups is 1. The van der Waals surface area contributed by atoms with Crippen LogP contribution >= 0.6 is 0 Å². The molecule has 3 nitrogen and oxygen atoms in total. The Morgan fingerprint density at radius 2 is 2.60 bits per heavy atom. The average molecular weight is 138 g/mol. The van der Waals surface area contributed by atoms with Crippen LogP contribution < -0.4 is 0 Å². The summed E-state index contributed by atoms with van der Waals surface area (Å²) in [5.74, 6) is 0. The monoisotopic (exact) mass is 138 g/mol. The maximum absolute atomic E-state index is 9.23. The van der Waals surface area contributed by atoms with Gasteiger partial charge in [0.05, 0.1) is 6.10 Å². The molecule has 3 heteroatoms. The van der Waals surface area contributed by atoms with Crippen LogP contribution in [0, 0.1) is 0 Å². The smallest absolute Gasteiger partial charge is 0.0613 e. The first kappa shape index (κ1) is 5.92. The van der Waals surface area contributed by atoms with Crippen LogP contribution in [0.5, 0.6) is 0 Å². The Balaban J connectivity index is 2.30. The van der Waals surface area contributed by atoms with Gasteiger partial charge in [-0.25, -0.2) is 0 Å². The molecule has 0 saturated heterocycles. The minimum atomic E-state index is -0.149. The summed E-state index contributed by atoms with van der Waals surface area (Å²) in [6.07, 6.45) is 3.24. The third kappa shape index (κ3) is 0.827. The summed E-state index contributed by atoms with van der Waals surface area (Å²) in [6.45, 7) is 0.865. The SMILES string of the molecule is OC1CCn2nccc2C1.